The van der Waals surface area contributed by atoms with Crippen molar-refractivity contribution in [3.05, 3.63) is 48.0 Å². The third kappa shape index (κ3) is 2.74. The molecule has 0 radical (unpaired) electrons. The van der Waals surface area contributed by atoms with E-state index in [9.17, 15) is 4.39 Å². The molecule has 5 heteroatoms. The number of hydrogen-bond acceptors (Lipinski definition) is 3. The molecule has 1 unspecified atom stereocenters. The molecule has 122 valence electrons. The number of anilines is 1. The molecule has 2 aliphatic rings. The fraction of sp³-hybridized carbons (Fsp3) is 0.500. The number of aromatic nitrogens is 2. The van der Waals surface area contributed by atoms with Gasteiger partial charge in [0.15, 0.2) is 0 Å². The van der Waals surface area contributed by atoms with Crippen molar-refractivity contribution in [2.24, 2.45) is 7.05 Å². The fourth-order valence-corrected chi connectivity index (χ4v) is 3.92. The van der Waals surface area contributed by atoms with Crippen LogP contribution in [0.15, 0.2) is 36.7 Å². The molecule has 2 aromatic rings. The molecule has 3 heterocycles. The number of nitrogens with zero attached hydrogens (tertiary/aromatic N) is 3. The summed E-state index contributed by atoms with van der Waals surface area (Å²) in [5.74, 6) is 0.299. The fourth-order valence-electron chi connectivity index (χ4n) is 3.92. The summed E-state index contributed by atoms with van der Waals surface area (Å²) in [6.07, 6.45) is 6.99. The number of ether oxygens (including phenoxy) is 1. The van der Waals surface area contributed by atoms with E-state index in [1.54, 1.807) is 6.07 Å². The van der Waals surface area contributed by atoms with E-state index in [2.05, 4.69) is 16.2 Å². The van der Waals surface area contributed by atoms with Gasteiger partial charge < -0.3 is 9.64 Å². The van der Waals surface area contributed by atoms with Gasteiger partial charge in [-0.25, -0.2) is 4.39 Å². The normalized spacial score (nSPS) is 23.6. The molecule has 1 spiro atoms. The van der Waals surface area contributed by atoms with Crippen LogP contribution in [0.3, 0.4) is 0 Å². The van der Waals surface area contributed by atoms with Crippen LogP contribution in [0.2, 0.25) is 0 Å². The minimum atomic E-state index is -0.135. The van der Waals surface area contributed by atoms with Crippen LogP contribution in [0.4, 0.5) is 10.1 Å². The van der Waals surface area contributed by atoms with Crippen LogP contribution in [0, 0.1) is 5.82 Å². The predicted octanol–water partition coefficient (Wildman–Crippen LogP) is 3.10. The second kappa shape index (κ2) is 5.64. The van der Waals surface area contributed by atoms with Gasteiger partial charge in [0.25, 0.3) is 0 Å². The van der Waals surface area contributed by atoms with Crippen molar-refractivity contribution in [1.29, 1.82) is 0 Å². The highest BCUT2D eigenvalue weighted by Crippen LogP contribution is 2.43. The third-order valence-electron chi connectivity index (χ3n) is 5.27. The first kappa shape index (κ1) is 14.7. The van der Waals surface area contributed by atoms with Crippen LogP contribution in [0.1, 0.15) is 30.7 Å². The molecule has 1 aromatic carbocycles. The monoisotopic (exact) mass is 315 g/mol. The first-order chi connectivity index (χ1) is 11.2. The van der Waals surface area contributed by atoms with Crippen molar-refractivity contribution in [3.8, 4) is 0 Å². The molecular formula is C18H22FN3O. The molecule has 0 N–H and O–H groups in total. The number of benzene rings is 1. The van der Waals surface area contributed by atoms with Crippen LogP contribution in [-0.2, 0) is 11.8 Å². The third-order valence-corrected chi connectivity index (χ3v) is 5.27. The maximum absolute atomic E-state index is 13.9. The van der Waals surface area contributed by atoms with Gasteiger partial charge in [0, 0.05) is 32.3 Å². The van der Waals surface area contributed by atoms with Crippen LogP contribution in [-0.4, -0.2) is 35.1 Å². The van der Waals surface area contributed by atoms with E-state index in [0.717, 1.165) is 39.0 Å². The zero-order valence-corrected chi connectivity index (χ0v) is 13.4. The lowest BCUT2D eigenvalue weighted by Gasteiger charge is -2.39. The van der Waals surface area contributed by atoms with Crippen molar-refractivity contribution in [3.63, 3.8) is 0 Å². The number of para-hydroxylation sites is 1. The van der Waals surface area contributed by atoms with Crippen LogP contribution in [0.25, 0.3) is 0 Å². The molecule has 2 aliphatic heterocycles. The summed E-state index contributed by atoms with van der Waals surface area (Å²) >= 11 is 0. The van der Waals surface area contributed by atoms with Gasteiger partial charge in [0.1, 0.15) is 5.82 Å². The lowest BCUT2D eigenvalue weighted by atomic mass is 9.83. The quantitative estimate of drug-likeness (QED) is 0.853. The molecule has 4 rings (SSSR count). The van der Waals surface area contributed by atoms with E-state index < -0.39 is 0 Å². The van der Waals surface area contributed by atoms with Crippen molar-refractivity contribution in [2.45, 2.75) is 30.8 Å². The van der Waals surface area contributed by atoms with E-state index in [1.807, 2.05) is 30.1 Å². The number of halogens is 1. The van der Waals surface area contributed by atoms with Crippen LogP contribution >= 0.6 is 0 Å². The molecule has 0 bridgehead atoms. The van der Waals surface area contributed by atoms with Gasteiger partial charge in [-0.15, -0.1) is 0 Å². The maximum Gasteiger partial charge on any atom is 0.146 e. The number of rotatable bonds is 2. The van der Waals surface area contributed by atoms with Crippen molar-refractivity contribution >= 4 is 5.69 Å². The molecule has 4 nitrogen and oxygen atoms in total. The summed E-state index contributed by atoms with van der Waals surface area (Å²) in [4.78, 5) is 2.14. The molecule has 1 aromatic heterocycles. The first-order valence-corrected chi connectivity index (χ1v) is 8.27. The molecule has 0 aliphatic carbocycles. The second-order valence-electron chi connectivity index (χ2n) is 6.78. The Morgan fingerprint density at radius 1 is 1.26 bits per heavy atom. The zero-order valence-electron chi connectivity index (χ0n) is 13.4. The van der Waals surface area contributed by atoms with Gasteiger partial charge in [0.05, 0.1) is 24.1 Å². The summed E-state index contributed by atoms with van der Waals surface area (Å²) < 4.78 is 22.0. The molecule has 23 heavy (non-hydrogen) atoms. The van der Waals surface area contributed by atoms with Gasteiger partial charge in [-0.1, -0.05) is 12.1 Å². The lowest BCUT2D eigenvalue weighted by Crippen LogP contribution is -2.44. The molecular weight excluding hydrogens is 293 g/mol. The Morgan fingerprint density at radius 3 is 2.74 bits per heavy atom. The van der Waals surface area contributed by atoms with Crippen LogP contribution < -0.4 is 4.90 Å². The van der Waals surface area contributed by atoms with E-state index in [1.165, 1.54) is 11.6 Å². The molecule has 0 amide bonds. The topological polar surface area (TPSA) is 30.3 Å². The summed E-state index contributed by atoms with van der Waals surface area (Å²) in [5, 5.41) is 4.27. The van der Waals surface area contributed by atoms with E-state index >= 15 is 0 Å². The zero-order chi connectivity index (χ0) is 15.9. The maximum atomic E-state index is 13.9. The Bertz CT molecular complexity index is 691. The summed E-state index contributed by atoms with van der Waals surface area (Å²) in [5.41, 5.74) is 1.94. The summed E-state index contributed by atoms with van der Waals surface area (Å²) in [6.45, 7) is 2.47. The average molecular weight is 315 g/mol. The molecule has 1 atom stereocenters. The Kier molecular flexibility index (Phi) is 3.60. The Hall–Kier alpha value is -1.88. The van der Waals surface area contributed by atoms with Crippen molar-refractivity contribution in [2.75, 3.05) is 24.6 Å². The smallest absolute Gasteiger partial charge is 0.146 e. The highest BCUT2D eigenvalue weighted by atomic mass is 19.1. The van der Waals surface area contributed by atoms with E-state index in [4.69, 9.17) is 4.74 Å². The minimum Gasteiger partial charge on any atom is -0.374 e. The number of aryl methyl sites for hydroxylation is 1. The van der Waals surface area contributed by atoms with Gasteiger partial charge in [-0.3, -0.25) is 4.68 Å². The average Bonchev–Trinajstić information content (AvgIpc) is 3.16. The largest absolute Gasteiger partial charge is 0.374 e. The highest BCUT2D eigenvalue weighted by molar-refractivity contribution is 5.48. The van der Waals surface area contributed by atoms with Gasteiger partial charge in [0.2, 0.25) is 0 Å². The summed E-state index contributed by atoms with van der Waals surface area (Å²) in [7, 11) is 1.95. The number of piperidine rings is 1. The Morgan fingerprint density at radius 2 is 2.04 bits per heavy atom. The molecule has 2 fully saturated rings. The second-order valence-corrected chi connectivity index (χ2v) is 6.78. The lowest BCUT2D eigenvalue weighted by molar-refractivity contribution is -0.0149. The molecule has 2 saturated heterocycles. The number of hydrogen-bond donors (Lipinski definition) is 0. The molecule has 0 saturated carbocycles. The SMILES string of the molecule is Cn1cc(C2COC3(CCN(c4ccccc4F)CC3)C2)cn1. The van der Waals surface area contributed by atoms with Gasteiger partial charge >= 0.3 is 0 Å². The van der Waals surface area contributed by atoms with Crippen molar-refractivity contribution in [1.82, 2.24) is 9.78 Å². The van der Waals surface area contributed by atoms with E-state index in [-0.39, 0.29) is 11.4 Å². The summed E-state index contributed by atoms with van der Waals surface area (Å²) in [6, 6.07) is 7.03. The Balaban J connectivity index is 1.43. The predicted molar refractivity (Wildman–Crippen MR) is 87.1 cm³/mol. The standard InChI is InChI=1S/C18H22FN3O/c1-21-12-15(11-20-21)14-10-18(23-13-14)6-8-22(9-7-18)17-5-3-2-4-16(17)19/h2-5,11-12,14H,6-10,13H2,1H3. The highest BCUT2D eigenvalue weighted by Gasteiger charge is 2.43. The van der Waals surface area contributed by atoms with E-state index in [0.29, 0.717) is 11.6 Å². The first-order valence-electron chi connectivity index (χ1n) is 8.27. The Labute approximate surface area is 135 Å². The van der Waals surface area contributed by atoms with Gasteiger partial charge in [-0.05, 0) is 37.0 Å². The van der Waals surface area contributed by atoms with Crippen molar-refractivity contribution < 1.29 is 9.13 Å². The van der Waals surface area contributed by atoms with Crippen LogP contribution in [0.5, 0.6) is 0 Å². The van der Waals surface area contributed by atoms with Gasteiger partial charge in [-0.2, -0.15) is 5.10 Å². The minimum absolute atomic E-state index is 0.0394.